The highest BCUT2D eigenvalue weighted by Crippen LogP contribution is 2.34. The van der Waals surface area contributed by atoms with Crippen molar-refractivity contribution in [2.75, 3.05) is 24.5 Å². The third-order valence-corrected chi connectivity index (χ3v) is 3.90. The second-order valence-corrected chi connectivity index (χ2v) is 5.06. The summed E-state index contributed by atoms with van der Waals surface area (Å²) in [4.78, 5) is 2.05. The Kier molecular flexibility index (Phi) is 2.73. The van der Waals surface area contributed by atoms with Crippen molar-refractivity contribution in [3.8, 4) is 0 Å². The minimum Gasteiger partial charge on any atom is -0.370 e. The third-order valence-electron chi connectivity index (χ3n) is 3.90. The Morgan fingerprint density at radius 2 is 2.06 bits per heavy atom. The molecule has 2 saturated heterocycles. The molecule has 0 aromatic heterocycles. The molecule has 0 saturated carbocycles. The van der Waals surface area contributed by atoms with Gasteiger partial charge in [-0.15, -0.1) is 0 Å². The number of nitrogens with zero attached hydrogens (tertiary/aromatic N) is 1. The summed E-state index contributed by atoms with van der Waals surface area (Å²) in [5, 5.41) is 3.40. The number of halogens is 3. The Labute approximate surface area is 104 Å². The fourth-order valence-corrected chi connectivity index (χ4v) is 2.94. The molecular formula is C13H15F3N2. The molecule has 2 heterocycles. The summed E-state index contributed by atoms with van der Waals surface area (Å²) in [6.45, 7) is 2.71. The zero-order valence-corrected chi connectivity index (χ0v) is 9.87. The van der Waals surface area contributed by atoms with Gasteiger partial charge in [-0.2, -0.15) is 13.2 Å². The van der Waals surface area contributed by atoms with Crippen LogP contribution in [0, 0.1) is 5.92 Å². The summed E-state index contributed by atoms with van der Waals surface area (Å²) in [7, 11) is 0. The average Bonchev–Trinajstić information content (AvgIpc) is 2.88. The van der Waals surface area contributed by atoms with Crippen LogP contribution in [0.3, 0.4) is 0 Å². The first-order valence-electron chi connectivity index (χ1n) is 6.19. The smallest absolute Gasteiger partial charge is 0.370 e. The largest absolute Gasteiger partial charge is 0.416 e. The van der Waals surface area contributed by atoms with E-state index in [9.17, 15) is 13.2 Å². The zero-order valence-electron chi connectivity index (χ0n) is 9.87. The number of nitrogens with one attached hydrogen (secondary N) is 1. The number of alkyl halides is 3. The molecule has 1 N–H and O–H groups in total. The Balaban J connectivity index is 1.81. The van der Waals surface area contributed by atoms with E-state index < -0.39 is 11.7 Å². The van der Waals surface area contributed by atoms with Gasteiger partial charge in [0.25, 0.3) is 0 Å². The maximum absolute atomic E-state index is 12.7. The highest BCUT2D eigenvalue weighted by Gasteiger charge is 2.37. The summed E-state index contributed by atoms with van der Waals surface area (Å²) in [5.74, 6) is 0.583. The Bertz CT molecular complexity index is 432. The van der Waals surface area contributed by atoms with E-state index in [4.69, 9.17) is 0 Å². The molecule has 18 heavy (non-hydrogen) atoms. The SMILES string of the molecule is FC(F)(F)c1cccc(N2CC3CCNC3C2)c1. The number of rotatable bonds is 1. The number of hydrogen-bond acceptors (Lipinski definition) is 2. The fraction of sp³-hybridized carbons (Fsp3) is 0.538. The van der Waals surface area contributed by atoms with Crippen LogP contribution < -0.4 is 10.2 Å². The monoisotopic (exact) mass is 256 g/mol. The van der Waals surface area contributed by atoms with Gasteiger partial charge < -0.3 is 10.2 Å². The fourth-order valence-electron chi connectivity index (χ4n) is 2.94. The summed E-state index contributed by atoms with van der Waals surface area (Å²) in [6.07, 6.45) is -3.13. The zero-order chi connectivity index (χ0) is 12.8. The summed E-state index contributed by atoms with van der Waals surface area (Å²) in [6, 6.07) is 6.06. The molecule has 0 aliphatic carbocycles. The minimum atomic E-state index is -4.26. The summed E-state index contributed by atoms with van der Waals surface area (Å²) < 4.78 is 38.0. The Morgan fingerprint density at radius 3 is 2.78 bits per heavy atom. The molecule has 0 radical (unpaired) electrons. The predicted molar refractivity (Wildman–Crippen MR) is 63.6 cm³/mol. The molecule has 0 spiro atoms. The van der Waals surface area contributed by atoms with Crippen molar-refractivity contribution in [2.24, 2.45) is 5.92 Å². The van der Waals surface area contributed by atoms with Gasteiger partial charge in [0.1, 0.15) is 0 Å². The van der Waals surface area contributed by atoms with E-state index in [1.165, 1.54) is 12.1 Å². The standard InChI is InChI=1S/C13H15F3N2/c14-13(15,16)10-2-1-3-11(6-10)18-7-9-4-5-17-12(9)8-18/h1-3,6,9,12,17H,4-5,7-8H2. The highest BCUT2D eigenvalue weighted by atomic mass is 19.4. The second-order valence-electron chi connectivity index (χ2n) is 5.06. The summed E-state index contributed by atoms with van der Waals surface area (Å²) in [5.41, 5.74) is 0.117. The van der Waals surface area contributed by atoms with Crippen molar-refractivity contribution in [3.05, 3.63) is 29.8 Å². The normalized spacial score (nSPS) is 27.6. The van der Waals surface area contributed by atoms with Crippen LogP contribution in [0.15, 0.2) is 24.3 Å². The van der Waals surface area contributed by atoms with E-state index in [0.29, 0.717) is 17.6 Å². The van der Waals surface area contributed by atoms with E-state index in [0.717, 1.165) is 32.1 Å². The van der Waals surface area contributed by atoms with Crippen LogP contribution in [-0.4, -0.2) is 25.7 Å². The molecule has 3 rings (SSSR count). The van der Waals surface area contributed by atoms with Crippen LogP contribution in [0.1, 0.15) is 12.0 Å². The van der Waals surface area contributed by atoms with Crippen LogP contribution >= 0.6 is 0 Å². The predicted octanol–water partition coefficient (Wildman–Crippen LogP) is 2.50. The van der Waals surface area contributed by atoms with E-state index in [1.807, 2.05) is 0 Å². The molecule has 0 amide bonds. The number of hydrogen-bond donors (Lipinski definition) is 1. The van der Waals surface area contributed by atoms with E-state index >= 15 is 0 Å². The number of anilines is 1. The van der Waals surface area contributed by atoms with E-state index in [-0.39, 0.29) is 0 Å². The molecule has 98 valence electrons. The molecule has 2 atom stereocenters. The lowest BCUT2D eigenvalue weighted by Gasteiger charge is -2.20. The lowest BCUT2D eigenvalue weighted by molar-refractivity contribution is -0.137. The van der Waals surface area contributed by atoms with Gasteiger partial charge in [-0.05, 0) is 37.1 Å². The Morgan fingerprint density at radius 1 is 1.22 bits per heavy atom. The molecule has 2 unspecified atom stereocenters. The number of benzene rings is 1. The van der Waals surface area contributed by atoms with Crippen molar-refractivity contribution in [1.82, 2.24) is 5.32 Å². The van der Waals surface area contributed by atoms with Crippen molar-refractivity contribution < 1.29 is 13.2 Å². The lowest BCUT2D eigenvalue weighted by atomic mass is 10.1. The molecule has 1 aromatic rings. The van der Waals surface area contributed by atoms with Crippen molar-refractivity contribution in [3.63, 3.8) is 0 Å². The first kappa shape index (κ1) is 11.8. The quantitative estimate of drug-likeness (QED) is 0.830. The van der Waals surface area contributed by atoms with Crippen LogP contribution in [0.4, 0.5) is 18.9 Å². The van der Waals surface area contributed by atoms with Gasteiger partial charge in [0.05, 0.1) is 5.56 Å². The maximum Gasteiger partial charge on any atom is 0.416 e. The average molecular weight is 256 g/mol. The van der Waals surface area contributed by atoms with Crippen LogP contribution in [-0.2, 0) is 6.18 Å². The highest BCUT2D eigenvalue weighted by molar-refractivity contribution is 5.50. The molecule has 2 aliphatic rings. The van der Waals surface area contributed by atoms with Gasteiger partial charge in [-0.3, -0.25) is 0 Å². The van der Waals surface area contributed by atoms with Gasteiger partial charge in [-0.25, -0.2) is 0 Å². The molecule has 5 heteroatoms. The van der Waals surface area contributed by atoms with Crippen LogP contribution in [0.5, 0.6) is 0 Å². The molecular weight excluding hydrogens is 241 g/mol. The first-order chi connectivity index (χ1) is 8.54. The van der Waals surface area contributed by atoms with Crippen molar-refractivity contribution in [1.29, 1.82) is 0 Å². The molecule has 2 aliphatic heterocycles. The van der Waals surface area contributed by atoms with Crippen molar-refractivity contribution >= 4 is 5.69 Å². The Hall–Kier alpha value is -1.23. The van der Waals surface area contributed by atoms with Gasteiger partial charge in [-0.1, -0.05) is 6.07 Å². The van der Waals surface area contributed by atoms with Crippen molar-refractivity contribution in [2.45, 2.75) is 18.6 Å². The first-order valence-corrected chi connectivity index (χ1v) is 6.19. The molecule has 2 fully saturated rings. The lowest BCUT2D eigenvalue weighted by Crippen LogP contribution is -2.30. The minimum absolute atomic E-state index is 0.444. The van der Waals surface area contributed by atoms with Gasteiger partial charge >= 0.3 is 6.18 Å². The topological polar surface area (TPSA) is 15.3 Å². The van der Waals surface area contributed by atoms with Gasteiger partial charge in [0.2, 0.25) is 0 Å². The molecule has 1 aromatic carbocycles. The van der Waals surface area contributed by atoms with E-state index in [1.54, 1.807) is 6.07 Å². The molecule has 0 bridgehead atoms. The van der Waals surface area contributed by atoms with Gasteiger partial charge in [0, 0.05) is 24.8 Å². The van der Waals surface area contributed by atoms with E-state index in [2.05, 4.69) is 10.2 Å². The van der Waals surface area contributed by atoms with Crippen LogP contribution in [0.2, 0.25) is 0 Å². The van der Waals surface area contributed by atoms with Gasteiger partial charge in [0.15, 0.2) is 0 Å². The second kappa shape index (κ2) is 4.16. The maximum atomic E-state index is 12.7. The summed E-state index contributed by atoms with van der Waals surface area (Å²) >= 11 is 0. The van der Waals surface area contributed by atoms with Crippen LogP contribution in [0.25, 0.3) is 0 Å². The molecule has 2 nitrogen and oxygen atoms in total. The third kappa shape index (κ3) is 2.07. The number of fused-ring (bicyclic) bond motifs is 1.